The first-order chi connectivity index (χ1) is 24.8. The molecule has 0 atom stereocenters. The third-order valence-corrected chi connectivity index (χ3v) is 9.68. The summed E-state index contributed by atoms with van der Waals surface area (Å²) in [7, 11) is 0. The summed E-state index contributed by atoms with van der Waals surface area (Å²) in [5.74, 6) is -2.77. The molecule has 8 rings (SSSR count). The average Bonchev–Trinajstić information content (AvgIpc) is 3.50. The third-order valence-electron chi connectivity index (χ3n) is 9.68. The van der Waals surface area contributed by atoms with E-state index in [9.17, 15) is 23.2 Å². The fourth-order valence-corrected chi connectivity index (χ4v) is 6.97. The van der Waals surface area contributed by atoms with Crippen LogP contribution in [0.1, 0.15) is 49.9 Å². The average molecular weight is 691 g/mol. The molecule has 5 heterocycles. The quantitative estimate of drug-likeness (QED) is 0.211. The number of pyridine rings is 1. The Kier molecular flexibility index (Phi) is 8.27. The van der Waals surface area contributed by atoms with Gasteiger partial charge in [0.25, 0.3) is 17.7 Å². The summed E-state index contributed by atoms with van der Waals surface area (Å²) >= 11 is 0. The minimum Gasteiger partial charge on any atom is -0.432 e. The summed E-state index contributed by atoms with van der Waals surface area (Å²) in [6.07, 6.45) is 3.95. The zero-order valence-electron chi connectivity index (χ0n) is 27.3. The second kappa shape index (κ2) is 13.1. The van der Waals surface area contributed by atoms with Gasteiger partial charge in [0.15, 0.2) is 5.76 Å². The highest BCUT2D eigenvalue weighted by Gasteiger charge is 2.45. The number of amides is 3. The summed E-state index contributed by atoms with van der Waals surface area (Å²) in [4.78, 5) is 52.8. The van der Waals surface area contributed by atoms with Crippen molar-refractivity contribution in [1.29, 1.82) is 0 Å². The first-order valence-electron chi connectivity index (χ1n) is 16.6. The number of ether oxygens (including phenoxy) is 1. The van der Waals surface area contributed by atoms with Crippen molar-refractivity contribution in [2.24, 2.45) is 5.41 Å². The van der Waals surface area contributed by atoms with Crippen LogP contribution in [0, 0.1) is 17.0 Å². The Balaban J connectivity index is 0.968. The highest BCUT2D eigenvalue weighted by molar-refractivity contribution is 6.10. The summed E-state index contributed by atoms with van der Waals surface area (Å²) in [5.41, 5.74) is 2.51. The number of carbonyl (C=O) groups is 3. The molecule has 258 valence electrons. The molecule has 3 aliphatic rings. The van der Waals surface area contributed by atoms with Crippen LogP contribution in [-0.2, 0) is 11.2 Å². The van der Waals surface area contributed by atoms with Crippen LogP contribution in [0.5, 0.6) is 0 Å². The van der Waals surface area contributed by atoms with Crippen molar-refractivity contribution in [3.8, 4) is 11.3 Å². The van der Waals surface area contributed by atoms with E-state index in [1.807, 2.05) is 0 Å². The van der Waals surface area contributed by atoms with E-state index >= 15 is 0 Å². The second-order valence-corrected chi connectivity index (χ2v) is 12.9. The van der Waals surface area contributed by atoms with Gasteiger partial charge >= 0.3 is 5.91 Å². The lowest BCUT2D eigenvalue weighted by atomic mass is 9.73. The molecule has 3 aliphatic heterocycles. The van der Waals surface area contributed by atoms with Crippen molar-refractivity contribution < 1.29 is 32.3 Å². The molecular formula is C38H32F2N6O5. The van der Waals surface area contributed by atoms with Gasteiger partial charge in [-0.15, -0.1) is 0 Å². The third kappa shape index (κ3) is 6.09. The van der Waals surface area contributed by atoms with E-state index in [0.29, 0.717) is 39.6 Å². The minimum atomic E-state index is -0.931. The molecule has 2 saturated heterocycles. The van der Waals surface area contributed by atoms with Crippen LogP contribution in [0.3, 0.4) is 0 Å². The Bertz CT molecular complexity index is 2140. The summed E-state index contributed by atoms with van der Waals surface area (Å²) in [5, 5.41) is 5.14. The van der Waals surface area contributed by atoms with Crippen molar-refractivity contribution in [2.75, 3.05) is 53.3 Å². The number of anilines is 4. The van der Waals surface area contributed by atoms with Crippen molar-refractivity contribution in [1.82, 2.24) is 9.97 Å². The van der Waals surface area contributed by atoms with Crippen molar-refractivity contribution in [3.05, 3.63) is 119 Å². The molecule has 5 aromatic rings. The fraction of sp³-hybridized carbons (Fsp3) is 0.237. The van der Waals surface area contributed by atoms with Gasteiger partial charge < -0.3 is 29.6 Å². The maximum atomic E-state index is 14.2. The number of carbonyl (C=O) groups excluding carboxylic acids is 3. The van der Waals surface area contributed by atoms with E-state index < -0.39 is 23.2 Å². The van der Waals surface area contributed by atoms with E-state index in [-0.39, 0.29) is 41.8 Å². The van der Waals surface area contributed by atoms with Crippen LogP contribution in [0.25, 0.3) is 11.3 Å². The van der Waals surface area contributed by atoms with E-state index in [2.05, 4.69) is 25.5 Å². The highest BCUT2D eigenvalue weighted by atomic mass is 19.1. The lowest BCUT2D eigenvalue weighted by Crippen LogP contribution is -2.59. The molecule has 11 nitrogen and oxygen atoms in total. The largest absolute Gasteiger partial charge is 0.432 e. The zero-order chi connectivity index (χ0) is 35.1. The highest BCUT2D eigenvalue weighted by Crippen LogP contribution is 2.42. The standard InChI is InChI=1S/C38H32F2N6O5/c39-27-7-3-8-28(40)31(27)44-35(48)36-43-29-14-18-46(30-9-2-1-5-25(30)32(29)51-36)37(49)23-10-12-24(13-11-23)42-34(47)26-6-4-17-41-33(26)45-21-38(22-45)15-19-50-20-16-38/h1-13,17H,14-16,18-22H2,(H,42,47)(H,44,48). The van der Waals surface area contributed by atoms with E-state index in [1.54, 1.807) is 71.8 Å². The molecule has 0 aliphatic carbocycles. The minimum absolute atomic E-state index is 0.214. The number of hydrogen-bond donors (Lipinski definition) is 2. The molecule has 13 heteroatoms. The number of aromatic nitrogens is 2. The van der Waals surface area contributed by atoms with E-state index in [1.165, 1.54) is 6.07 Å². The Labute approximate surface area is 291 Å². The fourth-order valence-electron chi connectivity index (χ4n) is 6.97. The van der Waals surface area contributed by atoms with Crippen LogP contribution in [0.4, 0.5) is 31.7 Å². The molecular weight excluding hydrogens is 658 g/mol. The normalized spacial score (nSPS) is 16.0. The van der Waals surface area contributed by atoms with Crippen LogP contribution >= 0.6 is 0 Å². The lowest BCUT2D eigenvalue weighted by Gasteiger charge is -2.53. The number of para-hydroxylation sites is 2. The number of hydrogen-bond acceptors (Lipinski definition) is 8. The van der Waals surface area contributed by atoms with Gasteiger partial charge in [0, 0.05) is 67.7 Å². The van der Waals surface area contributed by atoms with E-state index in [0.717, 1.165) is 51.3 Å². The van der Waals surface area contributed by atoms with Gasteiger partial charge in [-0.05, 0) is 73.5 Å². The SMILES string of the molecule is O=C(Nc1c(F)cccc1F)c1nc2c(o1)-c1ccccc1N(C(=O)c1ccc(NC(=O)c3cccnc3N3CC4(CCOCC4)C3)cc1)CC2. The maximum Gasteiger partial charge on any atom is 0.311 e. The van der Waals surface area contributed by atoms with Crippen LogP contribution in [0.2, 0.25) is 0 Å². The molecule has 3 amide bonds. The molecule has 2 aromatic heterocycles. The second-order valence-electron chi connectivity index (χ2n) is 12.9. The number of rotatable bonds is 6. The molecule has 2 N–H and O–H groups in total. The first kappa shape index (κ1) is 32.3. The summed E-state index contributed by atoms with van der Waals surface area (Å²) in [6, 6.07) is 20.5. The molecule has 0 bridgehead atoms. The Morgan fingerprint density at radius 3 is 2.33 bits per heavy atom. The van der Waals surface area contributed by atoms with E-state index in [4.69, 9.17) is 9.15 Å². The number of oxazole rings is 1. The van der Waals surface area contributed by atoms with Gasteiger partial charge in [0.1, 0.15) is 23.1 Å². The zero-order valence-corrected chi connectivity index (χ0v) is 27.3. The predicted octanol–water partition coefficient (Wildman–Crippen LogP) is 6.34. The van der Waals surface area contributed by atoms with Gasteiger partial charge in [-0.3, -0.25) is 14.4 Å². The monoisotopic (exact) mass is 690 g/mol. The Morgan fingerprint density at radius 2 is 1.57 bits per heavy atom. The van der Waals surface area contributed by atoms with Gasteiger partial charge in [0.05, 0.1) is 16.9 Å². The smallest absolute Gasteiger partial charge is 0.311 e. The molecule has 3 aromatic carbocycles. The molecule has 0 unspecified atom stereocenters. The van der Waals surface area contributed by atoms with Gasteiger partial charge in [-0.25, -0.2) is 18.7 Å². The molecule has 51 heavy (non-hydrogen) atoms. The molecule has 1 spiro atoms. The number of halogens is 2. The number of benzene rings is 3. The van der Waals surface area contributed by atoms with Crippen LogP contribution in [0.15, 0.2) is 89.5 Å². The van der Waals surface area contributed by atoms with Crippen LogP contribution in [-0.4, -0.2) is 60.5 Å². The number of nitrogens with one attached hydrogen (secondary N) is 2. The lowest BCUT2D eigenvalue weighted by molar-refractivity contribution is -0.000510. The summed E-state index contributed by atoms with van der Waals surface area (Å²) in [6.45, 7) is 3.42. The summed E-state index contributed by atoms with van der Waals surface area (Å²) < 4.78 is 39.7. The Hall–Kier alpha value is -5.95. The van der Waals surface area contributed by atoms with Crippen molar-refractivity contribution >= 4 is 40.6 Å². The first-order valence-corrected chi connectivity index (χ1v) is 16.6. The van der Waals surface area contributed by atoms with Gasteiger partial charge in [0.2, 0.25) is 0 Å². The number of nitrogens with zero attached hydrogens (tertiary/aromatic N) is 4. The molecule has 2 fully saturated rings. The van der Waals surface area contributed by atoms with Gasteiger partial charge in [-0.2, -0.15) is 0 Å². The molecule has 0 saturated carbocycles. The van der Waals surface area contributed by atoms with Gasteiger partial charge in [-0.1, -0.05) is 18.2 Å². The van der Waals surface area contributed by atoms with Crippen LogP contribution < -0.4 is 20.4 Å². The topological polar surface area (TPSA) is 130 Å². The predicted molar refractivity (Wildman–Crippen MR) is 185 cm³/mol. The Morgan fingerprint density at radius 1 is 0.824 bits per heavy atom. The molecule has 0 radical (unpaired) electrons. The maximum absolute atomic E-state index is 14.2. The van der Waals surface area contributed by atoms with Crippen molar-refractivity contribution in [2.45, 2.75) is 19.3 Å². The number of fused-ring (bicyclic) bond motifs is 3. The van der Waals surface area contributed by atoms with Crippen molar-refractivity contribution in [3.63, 3.8) is 0 Å².